The van der Waals surface area contributed by atoms with Gasteiger partial charge in [0.15, 0.2) is 0 Å². The number of aryl methyl sites for hydroxylation is 1. The van der Waals surface area contributed by atoms with Crippen molar-refractivity contribution < 1.29 is 5.11 Å². The van der Waals surface area contributed by atoms with Gasteiger partial charge in [-0.1, -0.05) is 30.0 Å². The molecule has 0 aliphatic heterocycles. The molecule has 0 aliphatic carbocycles. The van der Waals surface area contributed by atoms with Crippen molar-refractivity contribution in [2.45, 2.75) is 26.4 Å². The molecule has 3 heteroatoms. The third kappa shape index (κ3) is 2.44. The Balaban J connectivity index is 2.72. The van der Waals surface area contributed by atoms with Crippen molar-refractivity contribution in [2.75, 3.05) is 0 Å². The van der Waals surface area contributed by atoms with Gasteiger partial charge in [0, 0.05) is 10.9 Å². The first-order chi connectivity index (χ1) is 8.38. The average molecular weight is 241 g/mol. The molecular formula is C15H15NO2. The number of hydrogen-bond acceptors (Lipinski definition) is 2. The number of H-pyrrole nitrogens is 1. The Morgan fingerprint density at radius 3 is 2.61 bits per heavy atom. The molecule has 0 unspecified atom stereocenters. The van der Waals surface area contributed by atoms with Crippen LogP contribution in [0.25, 0.3) is 10.9 Å². The normalized spacial score (nSPS) is 11.1. The molecule has 0 atom stereocenters. The van der Waals surface area contributed by atoms with Crippen LogP contribution in [0.15, 0.2) is 29.1 Å². The van der Waals surface area contributed by atoms with Crippen LogP contribution >= 0.6 is 0 Å². The number of pyridine rings is 1. The van der Waals surface area contributed by atoms with E-state index in [1.54, 1.807) is 13.8 Å². The zero-order chi connectivity index (χ0) is 13.3. The van der Waals surface area contributed by atoms with E-state index in [9.17, 15) is 9.90 Å². The van der Waals surface area contributed by atoms with E-state index in [1.165, 1.54) is 0 Å². The van der Waals surface area contributed by atoms with E-state index in [0.29, 0.717) is 5.56 Å². The van der Waals surface area contributed by atoms with Gasteiger partial charge in [0.05, 0.1) is 5.56 Å². The largest absolute Gasteiger partial charge is 0.378 e. The number of fused-ring (bicyclic) bond motifs is 1. The molecular weight excluding hydrogens is 226 g/mol. The summed E-state index contributed by atoms with van der Waals surface area (Å²) in [5.74, 6) is 5.44. The molecule has 18 heavy (non-hydrogen) atoms. The fourth-order valence-electron chi connectivity index (χ4n) is 1.77. The number of aliphatic hydroxyl groups is 1. The number of nitrogens with one attached hydrogen (secondary N) is 1. The molecule has 0 saturated heterocycles. The van der Waals surface area contributed by atoms with Gasteiger partial charge >= 0.3 is 0 Å². The first kappa shape index (κ1) is 12.4. The Morgan fingerprint density at radius 2 is 1.94 bits per heavy atom. The lowest BCUT2D eigenvalue weighted by atomic mass is 10.0. The molecule has 1 heterocycles. The monoisotopic (exact) mass is 241 g/mol. The van der Waals surface area contributed by atoms with Crippen LogP contribution in [-0.2, 0) is 0 Å². The predicted molar refractivity (Wildman–Crippen MR) is 72.5 cm³/mol. The Labute approximate surface area is 105 Å². The molecule has 92 valence electrons. The lowest BCUT2D eigenvalue weighted by molar-refractivity contribution is 0.143. The van der Waals surface area contributed by atoms with E-state index in [1.807, 2.05) is 31.2 Å². The van der Waals surface area contributed by atoms with Crippen LogP contribution in [0.4, 0.5) is 0 Å². The maximum atomic E-state index is 11.9. The Morgan fingerprint density at radius 1 is 1.28 bits per heavy atom. The summed E-state index contributed by atoms with van der Waals surface area (Å²) in [5.41, 5.74) is 0.725. The molecule has 3 nitrogen and oxygen atoms in total. The van der Waals surface area contributed by atoms with Crippen molar-refractivity contribution in [1.29, 1.82) is 0 Å². The molecule has 2 rings (SSSR count). The molecule has 1 aromatic carbocycles. The zero-order valence-electron chi connectivity index (χ0n) is 10.7. The van der Waals surface area contributed by atoms with E-state index in [0.717, 1.165) is 16.5 Å². The lowest BCUT2D eigenvalue weighted by Crippen LogP contribution is -2.17. The summed E-state index contributed by atoms with van der Waals surface area (Å²) in [5, 5.41) is 10.6. The molecule has 0 amide bonds. The topological polar surface area (TPSA) is 53.1 Å². The SMILES string of the molecule is Cc1c(C#CC(C)(C)O)c(=O)[nH]c2ccccc12. The number of aromatic amines is 1. The third-order valence-electron chi connectivity index (χ3n) is 2.67. The van der Waals surface area contributed by atoms with Crippen LogP contribution in [0.5, 0.6) is 0 Å². The zero-order valence-corrected chi connectivity index (χ0v) is 10.7. The molecule has 0 saturated carbocycles. The van der Waals surface area contributed by atoms with Gasteiger partial charge in [-0.2, -0.15) is 0 Å². The van der Waals surface area contributed by atoms with Gasteiger partial charge in [-0.25, -0.2) is 0 Å². The quantitative estimate of drug-likeness (QED) is 0.693. The Bertz CT molecular complexity index is 709. The highest BCUT2D eigenvalue weighted by molar-refractivity contribution is 5.83. The summed E-state index contributed by atoms with van der Waals surface area (Å²) < 4.78 is 0. The molecule has 0 aliphatic rings. The van der Waals surface area contributed by atoms with Crippen LogP contribution in [-0.4, -0.2) is 15.7 Å². The summed E-state index contributed by atoms with van der Waals surface area (Å²) in [6.07, 6.45) is 0. The highest BCUT2D eigenvalue weighted by Gasteiger charge is 2.09. The highest BCUT2D eigenvalue weighted by Crippen LogP contribution is 2.16. The van der Waals surface area contributed by atoms with E-state index < -0.39 is 5.60 Å². The molecule has 2 aromatic rings. The number of hydrogen-bond donors (Lipinski definition) is 2. The minimum absolute atomic E-state index is 0.219. The Hall–Kier alpha value is -2.05. The van der Waals surface area contributed by atoms with E-state index in [4.69, 9.17) is 0 Å². The van der Waals surface area contributed by atoms with Crippen LogP contribution in [0.1, 0.15) is 25.0 Å². The van der Waals surface area contributed by atoms with Crippen molar-refractivity contribution in [2.24, 2.45) is 0 Å². The van der Waals surface area contributed by atoms with E-state index >= 15 is 0 Å². The minimum atomic E-state index is -1.11. The van der Waals surface area contributed by atoms with Crippen molar-refractivity contribution in [1.82, 2.24) is 4.98 Å². The van der Waals surface area contributed by atoms with E-state index in [-0.39, 0.29) is 5.56 Å². The average Bonchev–Trinajstić information content (AvgIpc) is 2.27. The summed E-state index contributed by atoms with van der Waals surface area (Å²) in [7, 11) is 0. The molecule has 1 aromatic heterocycles. The summed E-state index contributed by atoms with van der Waals surface area (Å²) in [6.45, 7) is 5.04. The fraction of sp³-hybridized carbons (Fsp3) is 0.267. The smallest absolute Gasteiger partial charge is 0.264 e. The second-order valence-electron chi connectivity index (χ2n) is 4.81. The lowest BCUT2D eigenvalue weighted by Gasteiger charge is -2.07. The van der Waals surface area contributed by atoms with Gasteiger partial charge in [-0.3, -0.25) is 4.79 Å². The maximum Gasteiger partial charge on any atom is 0.264 e. The van der Waals surface area contributed by atoms with Crippen LogP contribution < -0.4 is 5.56 Å². The van der Waals surface area contributed by atoms with Crippen molar-refractivity contribution >= 4 is 10.9 Å². The van der Waals surface area contributed by atoms with Gasteiger partial charge in [0.1, 0.15) is 5.60 Å². The third-order valence-corrected chi connectivity index (χ3v) is 2.67. The van der Waals surface area contributed by atoms with Gasteiger partial charge < -0.3 is 10.1 Å². The Kier molecular flexibility index (Phi) is 2.98. The summed E-state index contributed by atoms with van der Waals surface area (Å²) >= 11 is 0. The molecule has 0 bridgehead atoms. The number of para-hydroxylation sites is 1. The minimum Gasteiger partial charge on any atom is -0.378 e. The molecule has 0 fully saturated rings. The second kappa shape index (κ2) is 4.32. The van der Waals surface area contributed by atoms with E-state index in [2.05, 4.69) is 16.8 Å². The van der Waals surface area contributed by atoms with Gasteiger partial charge in [0.25, 0.3) is 5.56 Å². The highest BCUT2D eigenvalue weighted by atomic mass is 16.3. The van der Waals surface area contributed by atoms with Crippen molar-refractivity contribution in [3.8, 4) is 11.8 Å². The maximum absolute atomic E-state index is 11.9. The molecule has 0 spiro atoms. The van der Waals surface area contributed by atoms with Gasteiger partial charge in [-0.05, 0) is 32.4 Å². The number of aromatic nitrogens is 1. The molecule has 0 radical (unpaired) electrons. The number of benzene rings is 1. The van der Waals surface area contributed by atoms with Crippen molar-refractivity contribution in [3.63, 3.8) is 0 Å². The van der Waals surface area contributed by atoms with Crippen molar-refractivity contribution in [3.05, 3.63) is 45.7 Å². The predicted octanol–water partition coefficient (Wildman–Crippen LogP) is 1.96. The van der Waals surface area contributed by atoms with Crippen LogP contribution in [0.3, 0.4) is 0 Å². The van der Waals surface area contributed by atoms with Gasteiger partial charge in [-0.15, -0.1) is 0 Å². The molecule has 2 N–H and O–H groups in total. The second-order valence-corrected chi connectivity index (χ2v) is 4.81. The first-order valence-electron chi connectivity index (χ1n) is 5.76. The first-order valence-corrected chi connectivity index (χ1v) is 5.76. The van der Waals surface area contributed by atoms with Gasteiger partial charge in [0.2, 0.25) is 0 Å². The summed E-state index contributed by atoms with van der Waals surface area (Å²) in [6, 6.07) is 7.59. The number of rotatable bonds is 0. The summed E-state index contributed by atoms with van der Waals surface area (Å²) in [4.78, 5) is 14.7. The standard InChI is InChI=1S/C15H15NO2/c1-10-11-6-4-5-7-13(11)16-14(17)12(10)8-9-15(2,3)18/h4-7,18H,1-3H3,(H,16,17). The van der Waals surface area contributed by atoms with Crippen LogP contribution in [0.2, 0.25) is 0 Å². The fourth-order valence-corrected chi connectivity index (χ4v) is 1.77. The van der Waals surface area contributed by atoms with Crippen LogP contribution in [0, 0.1) is 18.8 Å².